The number of benzene rings is 1. The SMILES string of the molecule is O=C(N[C@@H]1CN2CCC1CC2)c1nn(C(=O)N[C@@H]2CN3CCC2CC3)c2ccccc12. The minimum atomic E-state index is -0.239. The minimum Gasteiger partial charge on any atom is -0.346 e. The molecule has 8 rings (SSSR count). The number of fused-ring (bicyclic) bond motifs is 7. The summed E-state index contributed by atoms with van der Waals surface area (Å²) in [5.74, 6) is 0.905. The number of para-hydroxylation sites is 1. The summed E-state index contributed by atoms with van der Waals surface area (Å²) in [4.78, 5) is 31.2. The summed E-state index contributed by atoms with van der Waals surface area (Å²) in [5, 5.41) is 11.7. The fraction of sp³-hybridized carbons (Fsp3) is 0.609. The molecule has 2 N–H and O–H groups in total. The molecule has 0 saturated carbocycles. The predicted octanol–water partition coefficient (Wildman–Crippen LogP) is 1.51. The average Bonchev–Trinajstić information content (AvgIpc) is 3.21. The van der Waals surface area contributed by atoms with Gasteiger partial charge in [-0.2, -0.15) is 9.78 Å². The van der Waals surface area contributed by atoms with Crippen LogP contribution in [0.15, 0.2) is 24.3 Å². The summed E-state index contributed by atoms with van der Waals surface area (Å²) in [7, 11) is 0. The van der Waals surface area contributed by atoms with E-state index < -0.39 is 0 Å². The molecule has 6 aliphatic rings. The second-order valence-corrected chi connectivity index (χ2v) is 9.69. The Labute approximate surface area is 181 Å². The highest BCUT2D eigenvalue weighted by atomic mass is 16.2. The Hall–Kier alpha value is -2.45. The molecule has 7 heterocycles. The quantitative estimate of drug-likeness (QED) is 0.784. The first-order valence-electron chi connectivity index (χ1n) is 11.7. The number of carbonyl (C=O) groups is 2. The monoisotopic (exact) mass is 422 g/mol. The van der Waals surface area contributed by atoms with Crippen LogP contribution in [-0.2, 0) is 0 Å². The summed E-state index contributed by atoms with van der Waals surface area (Å²) < 4.78 is 1.39. The second-order valence-electron chi connectivity index (χ2n) is 9.69. The number of hydrogen-bond acceptors (Lipinski definition) is 5. The zero-order valence-electron chi connectivity index (χ0n) is 17.8. The number of carbonyl (C=O) groups excluding carboxylic acids is 2. The van der Waals surface area contributed by atoms with Gasteiger partial charge in [-0.15, -0.1) is 0 Å². The Morgan fingerprint density at radius 2 is 1.42 bits per heavy atom. The fourth-order valence-corrected chi connectivity index (χ4v) is 6.10. The largest absolute Gasteiger partial charge is 0.346 e. The van der Waals surface area contributed by atoms with E-state index in [1.807, 2.05) is 24.3 Å². The Kier molecular flexibility index (Phi) is 4.72. The van der Waals surface area contributed by atoms with E-state index in [0.717, 1.165) is 70.3 Å². The van der Waals surface area contributed by atoms with Gasteiger partial charge in [0, 0.05) is 30.6 Å². The Morgan fingerprint density at radius 3 is 2.00 bits per heavy atom. The number of amides is 2. The van der Waals surface area contributed by atoms with Crippen molar-refractivity contribution < 1.29 is 9.59 Å². The van der Waals surface area contributed by atoms with Crippen LogP contribution in [0, 0.1) is 11.8 Å². The maximum Gasteiger partial charge on any atom is 0.342 e. The van der Waals surface area contributed by atoms with Gasteiger partial charge < -0.3 is 20.4 Å². The molecule has 8 nitrogen and oxygen atoms in total. The van der Waals surface area contributed by atoms with Gasteiger partial charge in [0.05, 0.1) is 5.52 Å². The number of hydrogen-bond donors (Lipinski definition) is 2. The van der Waals surface area contributed by atoms with Gasteiger partial charge in [0.15, 0.2) is 5.69 Å². The molecule has 0 radical (unpaired) electrons. The molecule has 1 aromatic carbocycles. The maximum absolute atomic E-state index is 13.2. The van der Waals surface area contributed by atoms with Crippen molar-refractivity contribution >= 4 is 22.8 Å². The lowest BCUT2D eigenvalue weighted by molar-refractivity contribution is 0.0618. The molecule has 0 aliphatic carbocycles. The Balaban J connectivity index is 1.24. The molecule has 6 saturated heterocycles. The van der Waals surface area contributed by atoms with E-state index in [-0.39, 0.29) is 24.0 Å². The van der Waals surface area contributed by atoms with Crippen LogP contribution in [0.3, 0.4) is 0 Å². The van der Waals surface area contributed by atoms with Gasteiger partial charge in [-0.3, -0.25) is 4.79 Å². The molecule has 6 fully saturated rings. The summed E-state index contributed by atoms with van der Waals surface area (Å²) in [6.07, 6.45) is 4.56. The fourth-order valence-electron chi connectivity index (χ4n) is 6.10. The van der Waals surface area contributed by atoms with Crippen LogP contribution in [0.2, 0.25) is 0 Å². The molecule has 0 spiro atoms. The zero-order chi connectivity index (χ0) is 20.9. The Bertz CT molecular complexity index is 925. The normalized spacial score (nSPS) is 34.1. The molecule has 31 heavy (non-hydrogen) atoms. The van der Waals surface area contributed by atoms with E-state index in [2.05, 4.69) is 25.5 Å². The standard InChI is InChI=1S/C23H30N6O2/c30-22(24-18-13-27-9-5-15(18)6-10-27)21-17-3-1-2-4-20(17)29(26-21)23(31)25-19-14-28-11-7-16(19)8-12-28/h1-4,15-16,18-19H,5-14H2,(H,24,30)(H,25,31)/t18-,19-/m1/s1. The van der Waals surface area contributed by atoms with Gasteiger partial charge in [0.2, 0.25) is 0 Å². The van der Waals surface area contributed by atoms with Gasteiger partial charge in [-0.1, -0.05) is 18.2 Å². The van der Waals surface area contributed by atoms with Crippen molar-refractivity contribution in [2.24, 2.45) is 11.8 Å². The van der Waals surface area contributed by atoms with Crippen LogP contribution in [0.4, 0.5) is 4.79 Å². The molecule has 2 amide bonds. The van der Waals surface area contributed by atoms with E-state index in [1.54, 1.807) is 0 Å². The van der Waals surface area contributed by atoms with Crippen LogP contribution in [0.5, 0.6) is 0 Å². The highest BCUT2D eigenvalue weighted by Crippen LogP contribution is 2.29. The highest BCUT2D eigenvalue weighted by molar-refractivity contribution is 6.07. The van der Waals surface area contributed by atoms with E-state index in [9.17, 15) is 9.59 Å². The number of rotatable bonds is 3. The zero-order valence-corrected chi connectivity index (χ0v) is 17.8. The third-order valence-electron chi connectivity index (χ3n) is 7.93. The van der Waals surface area contributed by atoms with Gasteiger partial charge in [0.25, 0.3) is 5.91 Å². The lowest BCUT2D eigenvalue weighted by Crippen LogP contribution is -2.58. The van der Waals surface area contributed by atoms with Crippen molar-refractivity contribution in [2.45, 2.75) is 37.8 Å². The number of nitrogens with one attached hydrogen (secondary N) is 2. The molecule has 1 aromatic heterocycles. The molecule has 4 bridgehead atoms. The van der Waals surface area contributed by atoms with Crippen LogP contribution >= 0.6 is 0 Å². The smallest absolute Gasteiger partial charge is 0.342 e. The lowest BCUT2D eigenvalue weighted by atomic mass is 9.84. The predicted molar refractivity (Wildman–Crippen MR) is 117 cm³/mol. The summed E-state index contributed by atoms with van der Waals surface area (Å²) in [6.45, 7) is 6.34. The minimum absolute atomic E-state index is 0.155. The van der Waals surface area contributed by atoms with E-state index in [1.165, 1.54) is 4.68 Å². The number of piperidine rings is 6. The van der Waals surface area contributed by atoms with Crippen molar-refractivity contribution in [1.82, 2.24) is 30.2 Å². The Morgan fingerprint density at radius 1 is 0.839 bits per heavy atom. The summed E-state index contributed by atoms with van der Waals surface area (Å²) >= 11 is 0. The third kappa shape index (κ3) is 3.42. The first-order chi connectivity index (χ1) is 15.2. The van der Waals surface area contributed by atoms with Gasteiger partial charge in [0.1, 0.15) is 0 Å². The third-order valence-corrected chi connectivity index (χ3v) is 7.93. The van der Waals surface area contributed by atoms with Crippen molar-refractivity contribution in [3.63, 3.8) is 0 Å². The van der Waals surface area contributed by atoms with Crippen LogP contribution in [-0.4, -0.2) is 82.9 Å². The van der Waals surface area contributed by atoms with Gasteiger partial charge in [-0.05, 0) is 69.8 Å². The van der Waals surface area contributed by atoms with Gasteiger partial charge >= 0.3 is 6.03 Å². The summed E-state index contributed by atoms with van der Waals surface area (Å²) in [5.41, 5.74) is 1.02. The number of aromatic nitrogens is 2. The molecule has 2 atom stereocenters. The van der Waals surface area contributed by atoms with E-state index in [4.69, 9.17) is 0 Å². The van der Waals surface area contributed by atoms with Gasteiger partial charge in [-0.25, -0.2) is 4.79 Å². The van der Waals surface area contributed by atoms with Crippen LogP contribution in [0.1, 0.15) is 36.2 Å². The maximum atomic E-state index is 13.2. The van der Waals surface area contributed by atoms with Crippen molar-refractivity contribution in [3.05, 3.63) is 30.0 Å². The summed E-state index contributed by atoms with van der Waals surface area (Å²) in [6, 6.07) is 7.61. The van der Waals surface area contributed by atoms with E-state index >= 15 is 0 Å². The molecular weight excluding hydrogens is 392 g/mol. The molecule has 6 aliphatic heterocycles. The molecule has 0 unspecified atom stereocenters. The van der Waals surface area contributed by atoms with E-state index in [0.29, 0.717) is 23.0 Å². The first-order valence-corrected chi connectivity index (χ1v) is 11.7. The second kappa shape index (κ2) is 7.60. The highest BCUT2D eigenvalue weighted by Gasteiger charge is 2.37. The molecule has 2 aromatic rings. The van der Waals surface area contributed by atoms with Crippen molar-refractivity contribution in [2.75, 3.05) is 39.3 Å². The topological polar surface area (TPSA) is 82.5 Å². The average molecular weight is 423 g/mol. The lowest BCUT2D eigenvalue weighted by Gasteiger charge is -2.44. The van der Waals surface area contributed by atoms with Crippen LogP contribution < -0.4 is 10.6 Å². The van der Waals surface area contributed by atoms with Crippen molar-refractivity contribution in [3.8, 4) is 0 Å². The molecule has 8 heteroatoms. The molecule has 164 valence electrons. The number of nitrogens with zero attached hydrogens (tertiary/aromatic N) is 4. The van der Waals surface area contributed by atoms with Crippen LogP contribution in [0.25, 0.3) is 10.9 Å². The molecular formula is C23H30N6O2. The first kappa shape index (κ1) is 19.3. The van der Waals surface area contributed by atoms with Crippen molar-refractivity contribution in [1.29, 1.82) is 0 Å².